The van der Waals surface area contributed by atoms with Crippen LogP contribution < -0.4 is 16.2 Å². The Balaban J connectivity index is 3.15. The van der Waals surface area contributed by atoms with Gasteiger partial charge in [-0.2, -0.15) is 0 Å². The van der Waals surface area contributed by atoms with Crippen LogP contribution in [0.3, 0.4) is 0 Å². The molecule has 0 heterocycles. The topological polar surface area (TPSA) is 73.6 Å². The summed E-state index contributed by atoms with van der Waals surface area (Å²) in [5.74, 6) is 0.715. The zero-order chi connectivity index (χ0) is 10.6. The second kappa shape index (κ2) is 4.50. The third-order valence-electron chi connectivity index (χ3n) is 1.90. The lowest BCUT2D eigenvalue weighted by molar-refractivity contribution is 0.416. The summed E-state index contributed by atoms with van der Waals surface area (Å²) in [6.45, 7) is 2.07. The van der Waals surface area contributed by atoms with Gasteiger partial charge in [-0.1, -0.05) is 13.0 Å². The molecule has 1 rings (SSSR count). The van der Waals surface area contributed by atoms with Gasteiger partial charge >= 0.3 is 0 Å². The molecular formula is C10H15N3O. The first kappa shape index (κ1) is 10.4. The maximum absolute atomic E-state index is 5.31. The Kier molecular flexibility index (Phi) is 3.34. The van der Waals surface area contributed by atoms with Crippen molar-refractivity contribution in [2.45, 2.75) is 13.3 Å². The van der Waals surface area contributed by atoms with Gasteiger partial charge in [0.15, 0.2) is 5.96 Å². The van der Waals surface area contributed by atoms with Gasteiger partial charge in [-0.05, 0) is 24.1 Å². The second-order valence-corrected chi connectivity index (χ2v) is 2.90. The lowest BCUT2D eigenvalue weighted by Gasteiger charge is -2.06. The van der Waals surface area contributed by atoms with Crippen LogP contribution in [-0.2, 0) is 6.42 Å². The normalized spacial score (nSPS) is 9.57. The number of nitrogens with zero attached hydrogens (tertiary/aromatic N) is 1. The Bertz CT molecular complexity index is 343. The van der Waals surface area contributed by atoms with E-state index in [1.807, 2.05) is 18.2 Å². The van der Waals surface area contributed by atoms with E-state index in [2.05, 4.69) is 11.9 Å². The minimum atomic E-state index is 0.0385. The number of aryl methyl sites for hydroxylation is 1. The molecule has 4 nitrogen and oxygen atoms in total. The van der Waals surface area contributed by atoms with Crippen LogP contribution in [0, 0.1) is 0 Å². The molecule has 0 saturated heterocycles. The summed E-state index contributed by atoms with van der Waals surface area (Å²) in [5, 5.41) is 0. The van der Waals surface area contributed by atoms with Gasteiger partial charge in [-0.15, -0.1) is 0 Å². The van der Waals surface area contributed by atoms with Gasteiger partial charge < -0.3 is 16.2 Å². The molecule has 0 fully saturated rings. The number of nitrogens with two attached hydrogens (primary N) is 2. The van der Waals surface area contributed by atoms with Gasteiger partial charge in [0.1, 0.15) is 11.4 Å². The van der Waals surface area contributed by atoms with Gasteiger partial charge in [0.05, 0.1) is 7.11 Å². The zero-order valence-corrected chi connectivity index (χ0v) is 8.45. The van der Waals surface area contributed by atoms with Crippen molar-refractivity contribution in [3.8, 4) is 5.75 Å². The minimum absolute atomic E-state index is 0.0385. The van der Waals surface area contributed by atoms with Gasteiger partial charge in [0.2, 0.25) is 0 Å². The summed E-state index contributed by atoms with van der Waals surface area (Å²) in [6, 6.07) is 5.77. The molecule has 0 aromatic heterocycles. The van der Waals surface area contributed by atoms with Crippen LogP contribution in [0.1, 0.15) is 12.5 Å². The van der Waals surface area contributed by atoms with E-state index in [0.717, 1.165) is 6.42 Å². The molecule has 0 spiro atoms. The highest BCUT2D eigenvalue weighted by Gasteiger charge is 2.02. The van der Waals surface area contributed by atoms with Crippen molar-refractivity contribution in [2.24, 2.45) is 16.5 Å². The molecule has 0 atom stereocenters. The number of aliphatic imine (C=N–C) groups is 1. The number of ether oxygens (including phenoxy) is 1. The number of hydrogen-bond donors (Lipinski definition) is 2. The maximum Gasteiger partial charge on any atom is 0.191 e. The first-order valence-electron chi connectivity index (χ1n) is 4.44. The highest BCUT2D eigenvalue weighted by Crippen LogP contribution is 2.28. The maximum atomic E-state index is 5.31. The Morgan fingerprint density at radius 3 is 2.64 bits per heavy atom. The lowest BCUT2D eigenvalue weighted by Crippen LogP contribution is -2.21. The minimum Gasteiger partial charge on any atom is -0.494 e. The fraction of sp³-hybridized carbons (Fsp3) is 0.300. The molecular weight excluding hydrogens is 178 g/mol. The molecule has 0 saturated carbocycles. The van der Waals surface area contributed by atoms with Crippen LogP contribution >= 0.6 is 0 Å². The molecule has 4 N–H and O–H groups in total. The van der Waals surface area contributed by atoms with E-state index in [9.17, 15) is 0 Å². The summed E-state index contributed by atoms with van der Waals surface area (Å²) < 4.78 is 5.13. The largest absolute Gasteiger partial charge is 0.494 e. The van der Waals surface area contributed by atoms with E-state index in [4.69, 9.17) is 16.2 Å². The third-order valence-corrected chi connectivity index (χ3v) is 1.90. The van der Waals surface area contributed by atoms with E-state index in [1.165, 1.54) is 5.56 Å². The van der Waals surface area contributed by atoms with Gasteiger partial charge in [0, 0.05) is 0 Å². The zero-order valence-electron chi connectivity index (χ0n) is 8.45. The molecule has 1 aromatic rings. The SMILES string of the molecule is CCc1ccc(OC)c(N=C(N)N)c1. The first-order chi connectivity index (χ1) is 6.67. The molecule has 0 aliphatic heterocycles. The molecule has 14 heavy (non-hydrogen) atoms. The smallest absolute Gasteiger partial charge is 0.191 e. The van der Waals surface area contributed by atoms with Crippen LogP contribution in [0.25, 0.3) is 0 Å². The Morgan fingerprint density at radius 2 is 2.14 bits per heavy atom. The van der Waals surface area contributed by atoms with Gasteiger partial charge in [-0.3, -0.25) is 0 Å². The van der Waals surface area contributed by atoms with Gasteiger partial charge in [0.25, 0.3) is 0 Å². The molecule has 76 valence electrons. The summed E-state index contributed by atoms with van der Waals surface area (Å²) in [4.78, 5) is 3.99. The van der Waals surface area contributed by atoms with E-state index in [1.54, 1.807) is 7.11 Å². The Labute approximate surface area is 83.6 Å². The van der Waals surface area contributed by atoms with Crippen LogP contribution in [0.5, 0.6) is 5.75 Å². The summed E-state index contributed by atoms with van der Waals surface area (Å²) >= 11 is 0. The fourth-order valence-electron chi connectivity index (χ4n) is 1.18. The summed E-state index contributed by atoms with van der Waals surface area (Å²) in [6.07, 6.45) is 0.941. The standard InChI is InChI=1S/C10H15N3O/c1-3-7-4-5-9(14-2)8(6-7)13-10(11)12/h4-6H,3H2,1-2H3,(H4,11,12,13). The van der Waals surface area contributed by atoms with Crippen molar-refractivity contribution in [1.82, 2.24) is 0 Å². The number of hydrogen-bond acceptors (Lipinski definition) is 2. The highest BCUT2D eigenvalue weighted by atomic mass is 16.5. The average molecular weight is 193 g/mol. The fourth-order valence-corrected chi connectivity index (χ4v) is 1.18. The van der Waals surface area contributed by atoms with Crippen molar-refractivity contribution in [3.05, 3.63) is 23.8 Å². The van der Waals surface area contributed by atoms with Crippen molar-refractivity contribution in [1.29, 1.82) is 0 Å². The summed E-state index contributed by atoms with van der Waals surface area (Å²) in [7, 11) is 1.59. The van der Waals surface area contributed by atoms with Crippen LogP contribution in [0.15, 0.2) is 23.2 Å². The lowest BCUT2D eigenvalue weighted by atomic mass is 10.1. The van der Waals surface area contributed by atoms with Gasteiger partial charge in [-0.25, -0.2) is 4.99 Å². The Hall–Kier alpha value is -1.71. The van der Waals surface area contributed by atoms with Crippen molar-refractivity contribution in [2.75, 3.05) is 7.11 Å². The number of benzene rings is 1. The molecule has 0 amide bonds. The van der Waals surface area contributed by atoms with E-state index < -0.39 is 0 Å². The Morgan fingerprint density at radius 1 is 1.43 bits per heavy atom. The molecule has 0 aliphatic carbocycles. The molecule has 0 bridgehead atoms. The molecule has 4 heteroatoms. The van der Waals surface area contributed by atoms with E-state index in [0.29, 0.717) is 11.4 Å². The van der Waals surface area contributed by atoms with Crippen molar-refractivity contribution >= 4 is 11.6 Å². The number of rotatable bonds is 3. The van der Waals surface area contributed by atoms with E-state index >= 15 is 0 Å². The first-order valence-corrected chi connectivity index (χ1v) is 4.44. The third kappa shape index (κ3) is 2.39. The van der Waals surface area contributed by atoms with Crippen molar-refractivity contribution < 1.29 is 4.74 Å². The number of guanidine groups is 1. The number of methoxy groups -OCH3 is 1. The quantitative estimate of drug-likeness (QED) is 0.559. The highest BCUT2D eigenvalue weighted by molar-refractivity contribution is 5.80. The molecule has 1 aromatic carbocycles. The average Bonchev–Trinajstić information content (AvgIpc) is 2.16. The van der Waals surface area contributed by atoms with E-state index in [-0.39, 0.29) is 5.96 Å². The molecule has 0 unspecified atom stereocenters. The molecule has 0 radical (unpaired) electrons. The summed E-state index contributed by atoms with van der Waals surface area (Å²) in [5.41, 5.74) is 12.5. The van der Waals surface area contributed by atoms with Crippen molar-refractivity contribution in [3.63, 3.8) is 0 Å². The van der Waals surface area contributed by atoms with Crippen LogP contribution in [0.4, 0.5) is 5.69 Å². The van der Waals surface area contributed by atoms with Crippen LogP contribution in [-0.4, -0.2) is 13.1 Å². The second-order valence-electron chi connectivity index (χ2n) is 2.90. The molecule has 0 aliphatic rings. The van der Waals surface area contributed by atoms with Crippen LogP contribution in [0.2, 0.25) is 0 Å². The predicted octanol–water partition coefficient (Wildman–Crippen LogP) is 1.16. The monoisotopic (exact) mass is 193 g/mol. The predicted molar refractivity (Wildman–Crippen MR) is 57.8 cm³/mol.